The molecule has 1 aliphatic heterocycles. The molecule has 4 rings (SSSR count). The molecule has 2 aromatic heterocycles. The minimum atomic E-state index is -0.487. The number of imidazole rings is 1. The molecule has 3 aromatic rings. The number of aryl methyl sites for hydroxylation is 1. The van der Waals surface area contributed by atoms with Gasteiger partial charge in [0.05, 0.1) is 24.0 Å². The monoisotopic (exact) mass is 423 g/mol. The Labute approximate surface area is 182 Å². The lowest BCUT2D eigenvalue weighted by Crippen LogP contribution is -2.38. The summed E-state index contributed by atoms with van der Waals surface area (Å²) in [6, 6.07) is 5.64. The summed E-state index contributed by atoms with van der Waals surface area (Å²) in [5.41, 5.74) is 4.18. The van der Waals surface area contributed by atoms with Crippen LogP contribution in [0.25, 0.3) is 16.8 Å². The van der Waals surface area contributed by atoms with Gasteiger partial charge < -0.3 is 14.4 Å². The van der Waals surface area contributed by atoms with Crippen molar-refractivity contribution in [3.05, 3.63) is 36.3 Å². The molecule has 164 valence electrons. The van der Waals surface area contributed by atoms with Crippen molar-refractivity contribution in [2.24, 2.45) is 0 Å². The Kier molecular flexibility index (Phi) is 5.97. The lowest BCUT2D eigenvalue weighted by atomic mass is 10.1. The minimum absolute atomic E-state index is 0.137. The number of carbonyl (C=O) groups is 1. The molecule has 1 saturated heterocycles. The van der Waals surface area contributed by atoms with Gasteiger partial charge in [0.15, 0.2) is 0 Å². The second-order valence-corrected chi connectivity index (χ2v) is 7.88. The molecule has 0 radical (unpaired) electrons. The van der Waals surface area contributed by atoms with Gasteiger partial charge in [-0.05, 0) is 38.8 Å². The Morgan fingerprint density at radius 2 is 2.13 bits per heavy atom. The molecule has 1 amide bonds. The molecular weight excluding hydrogens is 394 g/mol. The first-order valence-corrected chi connectivity index (χ1v) is 10.8. The van der Waals surface area contributed by atoms with Crippen LogP contribution >= 0.6 is 0 Å². The number of amides is 1. The first kappa shape index (κ1) is 21.0. The molecule has 0 unspecified atom stereocenters. The quantitative estimate of drug-likeness (QED) is 0.595. The van der Waals surface area contributed by atoms with E-state index in [1.807, 2.05) is 38.2 Å². The minimum Gasteiger partial charge on any atom is -0.495 e. The Hall–Kier alpha value is -3.29. The van der Waals surface area contributed by atoms with E-state index in [1.165, 1.54) is 6.42 Å². The third-order valence-electron chi connectivity index (χ3n) is 5.57. The van der Waals surface area contributed by atoms with Crippen molar-refractivity contribution < 1.29 is 14.3 Å². The van der Waals surface area contributed by atoms with Crippen molar-refractivity contribution in [1.82, 2.24) is 14.4 Å². The normalized spacial score (nSPS) is 14.3. The van der Waals surface area contributed by atoms with E-state index in [0.29, 0.717) is 11.4 Å². The van der Waals surface area contributed by atoms with E-state index in [-0.39, 0.29) is 6.10 Å². The number of nitrogens with one attached hydrogen (secondary N) is 1. The van der Waals surface area contributed by atoms with Gasteiger partial charge in [-0.3, -0.25) is 14.7 Å². The molecule has 0 bridgehead atoms. The van der Waals surface area contributed by atoms with Crippen molar-refractivity contribution in [1.29, 1.82) is 0 Å². The predicted molar refractivity (Wildman–Crippen MR) is 121 cm³/mol. The van der Waals surface area contributed by atoms with Crippen LogP contribution in [0.2, 0.25) is 0 Å². The van der Waals surface area contributed by atoms with Crippen LogP contribution in [0.15, 0.2) is 30.6 Å². The molecule has 1 atom stereocenters. The van der Waals surface area contributed by atoms with E-state index in [1.54, 1.807) is 13.3 Å². The average molecular weight is 424 g/mol. The van der Waals surface area contributed by atoms with Crippen LogP contribution in [0.4, 0.5) is 16.4 Å². The summed E-state index contributed by atoms with van der Waals surface area (Å²) in [5, 5.41) is 2.79. The fourth-order valence-electron chi connectivity index (χ4n) is 3.85. The summed E-state index contributed by atoms with van der Waals surface area (Å²) in [6.45, 7) is 7.94. The number of nitrogens with zero attached hydrogens (tertiary/aromatic N) is 4. The summed E-state index contributed by atoms with van der Waals surface area (Å²) in [7, 11) is 1.58. The summed E-state index contributed by atoms with van der Waals surface area (Å²) in [5.74, 6) is 1.47. The Morgan fingerprint density at radius 3 is 2.81 bits per heavy atom. The standard InChI is InChI=1S/C23H29N5O3/c1-5-7-15(2)31-23(29)25-18-9-8-17(14-19(18)30-4)20-21-16(3)24-10-13-28(21)22(26-20)27-11-6-12-27/h8-10,13-15H,5-7,11-12H2,1-4H3,(H,25,29)/t15-/m0/s1. The largest absolute Gasteiger partial charge is 0.495 e. The Bertz CT molecular complexity index is 1090. The van der Waals surface area contributed by atoms with Crippen molar-refractivity contribution >= 4 is 23.2 Å². The number of carbonyl (C=O) groups excluding carboxylic acids is 1. The maximum Gasteiger partial charge on any atom is 0.412 e. The van der Waals surface area contributed by atoms with Crippen molar-refractivity contribution in [3.8, 4) is 17.0 Å². The van der Waals surface area contributed by atoms with Crippen LogP contribution in [0.5, 0.6) is 5.75 Å². The number of anilines is 2. The third kappa shape index (κ3) is 4.15. The van der Waals surface area contributed by atoms with Gasteiger partial charge in [0.1, 0.15) is 17.5 Å². The first-order chi connectivity index (χ1) is 15.0. The van der Waals surface area contributed by atoms with E-state index < -0.39 is 6.09 Å². The summed E-state index contributed by atoms with van der Waals surface area (Å²) in [4.78, 5) is 23.9. The smallest absolute Gasteiger partial charge is 0.412 e. The number of ether oxygens (including phenoxy) is 2. The van der Waals surface area contributed by atoms with E-state index in [4.69, 9.17) is 14.5 Å². The fourth-order valence-corrected chi connectivity index (χ4v) is 3.85. The molecule has 3 heterocycles. The molecule has 8 heteroatoms. The molecule has 0 saturated carbocycles. The van der Waals surface area contributed by atoms with E-state index in [2.05, 4.69) is 26.5 Å². The molecule has 0 spiro atoms. The Morgan fingerprint density at radius 1 is 1.32 bits per heavy atom. The summed E-state index contributed by atoms with van der Waals surface area (Å²) >= 11 is 0. The first-order valence-electron chi connectivity index (χ1n) is 10.8. The van der Waals surface area contributed by atoms with Gasteiger partial charge in [0.2, 0.25) is 5.95 Å². The van der Waals surface area contributed by atoms with Gasteiger partial charge in [-0.1, -0.05) is 19.4 Å². The third-order valence-corrected chi connectivity index (χ3v) is 5.57. The van der Waals surface area contributed by atoms with E-state index >= 15 is 0 Å². The van der Waals surface area contributed by atoms with Gasteiger partial charge in [-0.2, -0.15) is 0 Å². The zero-order chi connectivity index (χ0) is 22.0. The summed E-state index contributed by atoms with van der Waals surface area (Å²) in [6.07, 6.45) is 6.09. The molecule has 1 fully saturated rings. The number of methoxy groups -OCH3 is 1. The number of hydrogen-bond donors (Lipinski definition) is 1. The van der Waals surface area contributed by atoms with Gasteiger partial charge >= 0.3 is 6.09 Å². The molecule has 0 aliphatic carbocycles. The van der Waals surface area contributed by atoms with Crippen molar-refractivity contribution in [3.63, 3.8) is 0 Å². The van der Waals surface area contributed by atoms with Crippen LogP contribution in [0.3, 0.4) is 0 Å². The number of benzene rings is 1. The number of hydrogen-bond acceptors (Lipinski definition) is 6. The van der Waals surface area contributed by atoms with Crippen LogP contribution in [-0.4, -0.2) is 46.8 Å². The maximum atomic E-state index is 12.2. The van der Waals surface area contributed by atoms with Crippen LogP contribution in [-0.2, 0) is 4.74 Å². The maximum absolute atomic E-state index is 12.2. The molecule has 1 N–H and O–H groups in total. The highest BCUT2D eigenvalue weighted by Gasteiger charge is 2.24. The van der Waals surface area contributed by atoms with Crippen molar-refractivity contribution in [2.75, 3.05) is 30.4 Å². The molecule has 31 heavy (non-hydrogen) atoms. The number of fused-ring (bicyclic) bond motifs is 1. The summed E-state index contributed by atoms with van der Waals surface area (Å²) < 4.78 is 13.1. The number of aromatic nitrogens is 3. The molecule has 8 nitrogen and oxygen atoms in total. The topological polar surface area (TPSA) is 81.0 Å². The lowest BCUT2D eigenvalue weighted by molar-refractivity contribution is 0.115. The fraction of sp³-hybridized carbons (Fsp3) is 0.435. The average Bonchev–Trinajstić information content (AvgIpc) is 3.07. The highest BCUT2D eigenvalue weighted by molar-refractivity contribution is 5.89. The van der Waals surface area contributed by atoms with Gasteiger partial charge in [0.25, 0.3) is 0 Å². The second-order valence-electron chi connectivity index (χ2n) is 7.88. The van der Waals surface area contributed by atoms with E-state index in [0.717, 1.165) is 54.3 Å². The highest BCUT2D eigenvalue weighted by atomic mass is 16.6. The predicted octanol–water partition coefficient (Wildman–Crippen LogP) is 4.66. The zero-order valence-electron chi connectivity index (χ0n) is 18.5. The molecular formula is C23H29N5O3. The lowest BCUT2D eigenvalue weighted by Gasteiger charge is -2.31. The highest BCUT2D eigenvalue weighted by Crippen LogP contribution is 2.35. The second kappa shape index (κ2) is 8.83. The Balaban J connectivity index is 1.67. The molecule has 1 aromatic carbocycles. The van der Waals surface area contributed by atoms with E-state index in [9.17, 15) is 4.79 Å². The number of rotatable bonds is 7. The SMILES string of the molecule is CCC[C@H](C)OC(=O)Nc1ccc(-c2nc(N3CCC3)n3ccnc(C)c23)cc1OC. The van der Waals surface area contributed by atoms with Gasteiger partial charge in [-0.15, -0.1) is 0 Å². The van der Waals surface area contributed by atoms with Crippen molar-refractivity contribution in [2.45, 2.75) is 46.1 Å². The van der Waals surface area contributed by atoms with Gasteiger partial charge in [0, 0.05) is 31.0 Å². The molecule has 1 aliphatic rings. The van der Waals surface area contributed by atoms with Crippen LogP contribution in [0.1, 0.15) is 38.8 Å². The zero-order valence-corrected chi connectivity index (χ0v) is 18.5. The van der Waals surface area contributed by atoms with Crippen LogP contribution < -0.4 is 15.0 Å². The van der Waals surface area contributed by atoms with Crippen LogP contribution in [0, 0.1) is 6.92 Å². The van der Waals surface area contributed by atoms with Gasteiger partial charge in [-0.25, -0.2) is 9.78 Å².